The Morgan fingerprint density at radius 2 is 1.96 bits per heavy atom. The van der Waals surface area contributed by atoms with E-state index in [4.69, 9.17) is 9.47 Å². The summed E-state index contributed by atoms with van der Waals surface area (Å²) in [6.07, 6.45) is -0.231. The summed E-state index contributed by atoms with van der Waals surface area (Å²) in [5.74, 6) is 0. The number of benzene rings is 1. The highest BCUT2D eigenvalue weighted by Gasteiger charge is 2.29. The highest BCUT2D eigenvalue weighted by atomic mass is 16.6. The first-order chi connectivity index (χ1) is 10.9. The van der Waals surface area contributed by atoms with E-state index in [1.807, 2.05) is 20.8 Å². The van der Waals surface area contributed by atoms with E-state index in [2.05, 4.69) is 23.1 Å². The minimum Gasteiger partial charge on any atom is -0.444 e. The Morgan fingerprint density at radius 3 is 2.65 bits per heavy atom. The summed E-state index contributed by atoms with van der Waals surface area (Å²) in [4.78, 5) is 16.5. The lowest BCUT2D eigenvalue weighted by Crippen LogP contribution is -2.36. The summed E-state index contributed by atoms with van der Waals surface area (Å²) in [6.45, 7) is 11.5. The van der Waals surface area contributed by atoms with Crippen LogP contribution in [-0.4, -0.2) is 47.8 Å². The van der Waals surface area contributed by atoms with E-state index < -0.39 is 5.60 Å². The molecule has 1 fully saturated rings. The van der Waals surface area contributed by atoms with Gasteiger partial charge in [0.1, 0.15) is 5.60 Å². The van der Waals surface area contributed by atoms with E-state index in [0.29, 0.717) is 13.1 Å². The van der Waals surface area contributed by atoms with E-state index in [9.17, 15) is 4.79 Å². The Balaban J connectivity index is 1.69. The van der Waals surface area contributed by atoms with Crippen LogP contribution < -0.4 is 0 Å². The first-order valence-electron chi connectivity index (χ1n) is 8.30. The average molecular weight is 318 g/mol. The molecule has 1 amide bonds. The zero-order valence-corrected chi connectivity index (χ0v) is 14.3. The van der Waals surface area contributed by atoms with Gasteiger partial charge in [-0.15, -0.1) is 0 Å². The van der Waals surface area contributed by atoms with Crippen molar-refractivity contribution in [3.63, 3.8) is 0 Å². The van der Waals surface area contributed by atoms with Crippen LogP contribution in [0.3, 0.4) is 0 Å². The van der Waals surface area contributed by atoms with Gasteiger partial charge < -0.3 is 9.47 Å². The third kappa shape index (κ3) is 4.03. The molecule has 2 heterocycles. The number of ether oxygens (including phenoxy) is 2. The molecule has 0 bridgehead atoms. The number of morpholine rings is 1. The SMILES string of the molecule is CC(C)(C)OC(=O)N1Cc2cccc(CN3CCOCC3)c2C1. The second kappa shape index (κ2) is 6.49. The molecular weight excluding hydrogens is 292 g/mol. The van der Waals surface area contributed by atoms with Crippen LogP contribution in [0.15, 0.2) is 18.2 Å². The van der Waals surface area contributed by atoms with Crippen molar-refractivity contribution in [1.82, 2.24) is 9.80 Å². The highest BCUT2D eigenvalue weighted by molar-refractivity contribution is 5.69. The summed E-state index contributed by atoms with van der Waals surface area (Å²) in [5.41, 5.74) is 3.38. The lowest BCUT2D eigenvalue weighted by atomic mass is 10.0. The van der Waals surface area contributed by atoms with Crippen LogP contribution in [0.5, 0.6) is 0 Å². The van der Waals surface area contributed by atoms with Gasteiger partial charge in [-0.05, 0) is 37.5 Å². The van der Waals surface area contributed by atoms with Crippen LogP contribution >= 0.6 is 0 Å². The molecule has 3 rings (SSSR count). The minimum absolute atomic E-state index is 0.231. The van der Waals surface area contributed by atoms with E-state index in [-0.39, 0.29) is 6.09 Å². The van der Waals surface area contributed by atoms with Gasteiger partial charge in [-0.1, -0.05) is 18.2 Å². The minimum atomic E-state index is -0.456. The zero-order valence-electron chi connectivity index (χ0n) is 14.3. The lowest BCUT2D eigenvalue weighted by molar-refractivity contribution is 0.0240. The van der Waals surface area contributed by atoms with E-state index in [1.165, 1.54) is 16.7 Å². The Labute approximate surface area is 138 Å². The number of hydrogen-bond donors (Lipinski definition) is 0. The van der Waals surface area contributed by atoms with Gasteiger partial charge in [-0.25, -0.2) is 4.79 Å². The lowest BCUT2D eigenvalue weighted by Gasteiger charge is -2.27. The smallest absolute Gasteiger partial charge is 0.410 e. The van der Waals surface area contributed by atoms with Crippen LogP contribution in [-0.2, 0) is 29.1 Å². The first-order valence-corrected chi connectivity index (χ1v) is 8.30. The molecule has 0 atom stereocenters. The van der Waals surface area contributed by atoms with Gasteiger partial charge in [0.25, 0.3) is 0 Å². The summed E-state index contributed by atoms with van der Waals surface area (Å²) >= 11 is 0. The van der Waals surface area contributed by atoms with Gasteiger partial charge in [0, 0.05) is 26.2 Å². The Kier molecular flexibility index (Phi) is 4.60. The normalized spacial score (nSPS) is 18.8. The van der Waals surface area contributed by atoms with Crippen LogP contribution in [0.1, 0.15) is 37.5 Å². The Hall–Kier alpha value is -1.59. The molecule has 0 saturated carbocycles. The number of carbonyl (C=O) groups excluding carboxylic acids is 1. The van der Waals surface area contributed by atoms with E-state index >= 15 is 0 Å². The fourth-order valence-corrected chi connectivity index (χ4v) is 3.10. The van der Waals surface area contributed by atoms with Crippen LogP contribution in [0, 0.1) is 0 Å². The molecule has 0 spiro atoms. The predicted octanol–water partition coefficient (Wildman–Crippen LogP) is 2.77. The Bertz CT molecular complexity index is 574. The van der Waals surface area contributed by atoms with Crippen molar-refractivity contribution < 1.29 is 14.3 Å². The van der Waals surface area contributed by atoms with Crippen molar-refractivity contribution in [1.29, 1.82) is 0 Å². The molecule has 0 aromatic heterocycles. The largest absolute Gasteiger partial charge is 0.444 e. The molecule has 0 unspecified atom stereocenters. The van der Waals surface area contributed by atoms with Crippen molar-refractivity contribution in [2.45, 2.75) is 46.0 Å². The van der Waals surface area contributed by atoms with Gasteiger partial charge in [0.05, 0.1) is 19.8 Å². The second-order valence-corrected chi connectivity index (χ2v) is 7.28. The number of amides is 1. The van der Waals surface area contributed by atoms with Crippen molar-refractivity contribution in [3.05, 3.63) is 34.9 Å². The molecular formula is C18H26N2O3. The Morgan fingerprint density at radius 1 is 1.22 bits per heavy atom. The molecule has 0 N–H and O–H groups in total. The molecule has 1 aromatic carbocycles. The third-order valence-corrected chi connectivity index (χ3v) is 4.23. The van der Waals surface area contributed by atoms with Crippen LogP contribution in [0.25, 0.3) is 0 Å². The van der Waals surface area contributed by atoms with Crippen LogP contribution in [0.2, 0.25) is 0 Å². The second-order valence-electron chi connectivity index (χ2n) is 7.28. The maximum Gasteiger partial charge on any atom is 0.410 e. The predicted molar refractivity (Wildman–Crippen MR) is 88.0 cm³/mol. The van der Waals surface area contributed by atoms with Gasteiger partial charge in [0.15, 0.2) is 0 Å². The number of hydrogen-bond acceptors (Lipinski definition) is 4. The third-order valence-electron chi connectivity index (χ3n) is 4.23. The molecule has 23 heavy (non-hydrogen) atoms. The fourth-order valence-electron chi connectivity index (χ4n) is 3.10. The topological polar surface area (TPSA) is 42.0 Å². The first kappa shape index (κ1) is 16.3. The van der Waals surface area contributed by atoms with Crippen molar-refractivity contribution in [2.24, 2.45) is 0 Å². The summed E-state index contributed by atoms with van der Waals surface area (Å²) in [5, 5.41) is 0. The van der Waals surface area contributed by atoms with E-state index in [1.54, 1.807) is 4.90 Å². The van der Waals surface area contributed by atoms with Crippen molar-refractivity contribution in [2.75, 3.05) is 26.3 Å². The molecule has 0 aliphatic carbocycles. The monoisotopic (exact) mass is 318 g/mol. The maximum atomic E-state index is 12.3. The standard InChI is InChI=1S/C18H26N2O3/c1-18(2,3)23-17(21)20-12-15-6-4-5-14(16(15)13-20)11-19-7-9-22-10-8-19/h4-6H,7-13H2,1-3H3. The molecule has 5 nitrogen and oxygen atoms in total. The summed E-state index contributed by atoms with van der Waals surface area (Å²) in [6, 6.07) is 6.38. The zero-order chi connectivity index (χ0) is 16.4. The molecule has 1 saturated heterocycles. The van der Waals surface area contributed by atoms with Crippen molar-refractivity contribution >= 4 is 6.09 Å². The quantitative estimate of drug-likeness (QED) is 0.841. The maximum absolute atomic E-state index is 12.3. The van der Waals surface area contributed by atoms with E-state index in [0.717, 1.165) is 32.8 Å². The summed E-state index contributed by atoms with van der Waals surface area (Å²) in [7, 11) is 0. The molecule has 0 radical (unpaired) electrons. The number of carbonyl (C=O) groups is 1. The molecule has 126 valence electrons. The van der Waals surface area contributed by atoms with Gasteiger partial charge in [-0.3, -0.25) is 9.80 Å². The molecule has 2 aliphatic rings. The average Bonchev–Trinajstić information content (AvgIpc) is 2.92. The van der Waals surface area contributed by atoms with Gasteiger partial charge >= 0.3 is 6.09 Å². The molecule has 2 aliphatic heterocycles. The van der Waals surface area contributed by atoms with Crippen molar-refractivity contribution in [3.8, 4) is 0 Å². The van der Waals surface area contributed by atoms with Gasteiger partial charge in [-0.2, -0.15) is 0 Å². The molecule has 1 aromatic rings. The fraction of sp³-hybridized carbons (Fsp3) is 0.611. The molecule has 5 heteroatoms. The number of nitrogens with zero attached hydrogens (tertiary/aromatic N) is 2. The highest BCUT2D eigenvalue weighted by Crippen LogP contribution is 2.28. The number of rotatable bonds is 2. The van der Waals surface area contributed by atoms with Gasteiger partial charge in [0.2, 0.25) is 0 Å². The van der Waals surface area contributed by atoms with Crippen LogP contribution in [0.4, 0.5) is 4.79 Å². The number of fused-ring (bicyclic) bond motifs is 1. The summed E-state index contributed by atoms with van der Waals surface area (Å²) < 4.78 is 10.9.